The highest BCUT2D eigenvalue weighted by Gasteiger charge is 2.42. The number of aryl methyl sites for hydroxylation is 2. The summed E-state index contributed by atoms with van der Waals surface area (Å²) in [6.45, 7) is 0.108. The standard InChI is InChI=1S/C13H15N3O/c14-7-10-6-9-2-1-3-11(9)15-12(10)16-13(8-17)4-5-13/h6,17H,1-5,8H2,(H,15,16). The van der Waals surface area contributed by atoms with E-state index < -0.39 is 0 Å². The minimum atomic E-state index is -0.217. The van der Waals surface area contributed by atoms with Crippen LogP contribution in [0.25, 0.3) is 0 Å². The first-order valence-electron chi connectivity index (χ1n) is 6.08. The van der Waals surface area contributed by atoms with Gasteiger partial charge in [-0.2, -0.15) is 5.26 Å². The molecule has 2 N–H and O–H groups in total. The monoisotopic (exact) mass is 229 g/mol. The second-order valence-electron chi connectivity index (χ2n) is 5.02. The SMILES string of the molecule is N#Cc1cc2c(nc1NC1(CO)CC1)CCC2. The predicted molar refractivity (Wildman–Crippen MR) is 63.7 cm³/mol. The number of nitrogens with one attached hydrogen (secondary N) is 1. The maximum Gasteiger partial charge on any atom is 0.144 e. The number of hydrogen-bond donors (Lipinski definition) is 2. The lowest BCUT2D eigenvalue weighted by atomic mass is 10.1. The van der Waals surface area contributed by atoms with E-state index in [0.29, 0.717) is 11.4 Å². The van der Waals surface area contributed by atoms with Crippen molar-refractivity contribution in [3.8, 4) is 6.07 Å². The summed E-state index contributed by atoms with van der Waals surface area (Å²) in [5.74, 6) is 0.653. The van der Waals surface area contributed by atoms with Gasteiger partial charge in [-0.15, -0.1) is 0 Å². The Morgan fingerprint density at radius 2 is 2.29 bits per heavy atom. The van der Waals surface area contributed by atoms with E-state index in [1.165, 1.54) is 5.56 Å². The zero-order valence-electron chi connectivity index (χ0n) is 9.66. The van der Waals surface area contributed by atoms with Gasteiger partial charge in [-0.25, -0.2) is 4.98 Å². The predicted octanol–water partition coefficient (Wildman–Crippen LogP) is 1.38. The van der Waals surface area contributed by atoms with Crippen LogP contribution in [-0.2, 0) is 12.8 Å². The first-order chi connectivity index (χ1) is 8.26. The van der Waals surface area contributed by atoms with Gasteiger partial charge in [0.1, 0.15) is 11.9 Å². The Morgan fingerprint density at radius 3 is 2.94 bits per heavy atom. The van der Waals surface area contributed by atoms with Crippen LogP contribution in [0.5, 0.6) is 0 Å². The maximum atomic E-state index is 9.30. The number of pyridine rings is 1. The average molecular weight is 229 g/mol. The lowest BCUT2D eigenvalue weighted by molar-refractivity contribution is 0.266. The molecule has 1 saturated carbocycles. The molecular weight excluding hydrogens is 214 g/mol. The van der Waals surface area contributed by atoms with E-state index in [4.69, 9.17) is 5.26 Å². The third-order valence-electron chi connectivity index (χ3n) is 3.71. The fourth-order valence-electron chi connectivity index (χ4n) is 2.38. The van der Waals surface area contributed by atoms with Gasteiger partial charge >= 0.3 is 0 Å². The van der Waals surface area contributed by atoms with Crippen LogP contribution in [0.1, 0.15) is 36.1 Å². The number of anilines is 1. The molecule has 0 aromatic carbocycles. The zero-order chi connectivity index (χ0) is 11.9. The van der Waals surface area contributed by atoms with Gasteiger partial charge in [0, 0.05) is 5.69 Å². The Balaban J connectivity index is 1.96. The Hall–Kier alpha value is -1.60. The van der Waals surface area contributed by atoms with Crippen LogP contribution in [0.15, 0.2) is 6.07 Å². The van der Waals surface area contributed by atoms with Gasteiger partial charge < -0.3 is 10.4 Å². The van der Waals surface area contributed by atoms with E-state index in [-0.39, 0.29) is 12.1 Å². The normalized spacial score (nSPS) is 19.5. The number of aliphatic hydroxyl groups excluding tert-OH is 1. The van der Waals surface area contributed by atoms with Gasteiger partial charge in [0.05, 0.1) is 17.7 Å². The van der Waals surface area contributed by atoms with Gasteiger partial charge in [0.25, 0.3) is 0 Å². The van der Waals surface area contributed by atoms with E-state index in [2.05, 4.69) is 16.4 Å². The van der Waals surface area contributed by atoms with Crippen molar-refractivity contribution in [2.75, 3.05) is 11.9 Å². The minimum absolute atomic E-state index is 0.108. The highest BCUT2D eigenvalue weighted by Crippen LogP contribution is 2.39. The van der Waals surface area contributed by atoms with E-state index >= 15 is 0 Å². The van der Waals surface area contributed by atoms with Crippen molar-refractivity contribution in [3.05, 3.63) is 22.9 Å². The summed E-state index contributed by atoms with van der Waals surface area (Å²) >= 11 is 0. The summed E-state index contributed by atoms with van der Waals surface area (Å²) in [6.07, 6.45) is 5.06. The van der Waals surface area contributed by atoms with E-state index in [9.17, 15) is 5.11 Å². The lowest BCUT2D eigenvalue weighted by Crippen LogP contribution is -2.27. The number of hydrogen-bond acceptors (Lipinski definition) is 4. The second kappa shape index (κ2) is 3.71. The van der Waals surface area contributed by atoms with Crippen molar-refractivity contribution in [2.45, 2.75) is 37.6 Å². The Bertz CT molecular complexity index is 500. The molecule has 4 heteroatoms. The van der Waals surface area contributed by atoms with Crippen molar-refractivity contribution in [2.24, 2.45) is 0 Å². The summed E-state index contributed by atoms with van der Waals surface area (Å²) in [6, 6.07) is 4.14. The zero-order valence-corrected chi connectivity index (χ0v) is 9.66. The van der Waals surface area contributed by atoms with E-state index in [1.54, 1.807) is 0 Å². The Morgan fingerprint density at radius 1 is 1.47 bits per heavy atom. The Kier molecular flexibility index (Phi) is 2.30. The summed E-state index contributed by atoms with van der Waals surface area (Å²) in [5, 5.41) is 21.7. The van der Waals surface area contributed by atoms with Gasteiger partial charge in [0.2, 0.25) is 0 Å². The molecule has 3 rings (SSSR count). The maximum absolute atomic E-state index is 9.30. The number of aliphatic hydroxyl groups is 1. The number of nitriles is 1. The van der Waals surface area contributed by atoms with Crippen LogP contribution < -0.4 is 5.32 Å². The van der Waals surface area contributed by atoms with Crippen LogP contribution in [-0.4, -0.2) is 22.2 Å². The van der Waals surface area contributed by atoms with E-state index in [1.807, 2.05) is 6.07 Å². The third kappa shape index (κ3) is 1.77. The molecule has 1 aromatic rings. The topological polar surface area (TPSA) is 68.9 Å². The number of rotatable bonds is 3. The molecule has 17 heavy (non-hydrogen) atoms. The fourth-order valence-corrected chi connectivity index (χ4v) is 2.38. The summed E-state index contributed by atoms with van der Waals surface area (Å²) in [4.78, 5) is 4.55. The quantitative estimate of drug-likeness (QED) is 0.821. The Labute approximate surface area is 100 Å². The van der Waals surface area contributed by atoms with E-state index in [0.717, 1.165) is 37.8 Å². The van der Waals surface area contributed by atoms with Crippen molar-refractivity contribution < 1.29 is 5.11 Å². The highest BCUT2D eigenvalue weighted by atomic mass is 16.3. The summed E-state index contributed by atoms with van der Waals surface area (Å²) in [5.41, 5.74) is 2.71. The largest absolute Gasteiger partial charge is 0.394 e. The van der Waals surface area contributed by atoms with Crippen molar-refractivity contribution in [1.82, 2.24) is 4.98 Å². The second-order valence-corrected chi connectivity index (χ2v) is 5.02. The molecule has 0 bridgehead atoms. The molecule has 88 valence electrons. The molecule has 0 unspecified atom stereocenters. The molecule has 1 fully saturated rings. The van der Waals surface area contributed by atoms with Crippen molar-refractivity contribution in [1.29, 1.82) is 5.26 Å². The molecule has 0 spiro atoms. The molecule has 0 saturated heterocycles. The summed E-state index contributed by atoms with van der Waals surface area (Å²) in [7, 11) is 0. The number of aromatic nitrogens is 1. The van der Waals surface area contributed by atoms with Gasteiger partial charge in [-0.3, -0.25) is 0 Å². The molecule has 2 aliphatic rings. The molecule has 1 heterocycles. The van der Waals surface area contributed by atoms with Crippen LogP contribution >= 0.6 is 0 Å². The molecule has 0 radical (unpaired) electrons. The molecule has 0 atom stereocenters. The van der Waals surface area contributed by atoms with Crippen LogP contribution in [0.2, 0.25) is 0 Å². The smallest absolute Gasteiger partial charge is 0.144 e. The van der Waals surface area contributed by atoms with Crippen molar-refractivity contribution >= 4 is 5.82 Å². The number of nitrogens with zero attached hydrogens (tertiary/aromatic N) is 2. The molecule has 0 amide bonds. The minimum Gasteiger partial charge on any atom is -0.394 e. The molecule has 4 nitrogen and oxygen atoms in total. The summed E-state index contributed by atoms with van der Waals surface area (Å²) < 4.78 is 0. The van der Waals surface area contributed by atoms with Crippen molar-refractivity contribution in [3.63, 3.8) is 0 Å². The molecular formula is C13H15N3O. The first-order valence-corrected chi connectivity index (χ1v) is 6.08. The molecule has 2 aliphatic carbocycles. The van der Waals surface area contributed by atoms with Gasteiger partial charge in [-0.1, -0.05) is 0 Å². The van der Waals surface area contributed by atoms with Crippen LogP contribution in [0, 0.1) is 11.3 Å². The van der Waals surface area contributed by atoms with Crippen LogP contribution in [0.3, 0.4) is 0 Å². The highest BCUT2D eigenvalue weighted by molar-refractivity contribution is 5.57. The third-order valence-corrected chi connectivity index (χ3v) is 3.71. The average Bonchev–Trinajstić information content (AvgIpc) is 2.98. The lowest BCUT2D eigenvalue weighted by Gasteiger charge is -2.16. The fraction of sp³-hybridized carbons (Fsp3) is 0.538. The molecule has 0 aliphatic heterocycles. The number of fused-ring (bicyclic) bond motifs is 1. The van der Waals surface area contributed by atoms with Crippen LogP contribution in [0.4, 0.5) is 5.82 Å². The van der Waals surface area contributed by atoms with Gasteiger partial charge in [0.15, 0.2) is 0 Å². The molecule has 1 aromatic heterocycles. The first kappa shape index (κ1) is 10.5. The van der Waals surface area contributed by atoms with Gasteiger partial charge in [-0.05, 0) is 43.7 Å².